The van der Waals surface area contributed by atoms with Crippen LogP contribution in [0.4, 0.5) is 15.9 Å². The lowest BCUT2D eigenvalue weighted by molar-refractivity contribution is 0.102. The maximum Gasteiger partial charge on any atom is 0.275 e. The normalized spacial score (nSPS) is 10.1. The molecule has 0 fully saturated rings. The van der Waals surface area contributed by atoms with Crippen molar-refractivity contribution in [3.8, 4) is 0 Å². The largest absolute Gasteiger partial charge is 0.382 e. The molecule has 1 amide bonds. The van der Waals surface area contributed by atoms with Crippen LogP contribution in [0.5, 0.6) is 0 Å². The van der Waals surface area contributed by atoms with Gasteiger partial charge in [-0.3, -0.25) is 4.79 Å². The Morgan fingerprint density at radius 2 is 2.06 bits per heavy atom. The van der Waals surface area contributed by atoms with Crippen molar-refractivity contribution in [1.82, 2.24) is 9.97 Å². The summed E-state index contributed by atoms with van der Waals surface area (Å²) < 4.78 is 13.1. The van der Waals surface area contributed by atoms with E-state index in [1.54, 1.807) is 13.0 Å². The molecular formula is C12H11FN4O. The van der Waals surface area contributed by atoms with Gasteiger partial charge in [0.25, 0.3) is 5.91 Å². The van der Waals surface area contributed by atoms with E-state index in [1.165, 1.54) is 24.5 Å². The number of hydrogen-bond donors (Lipinski definition) is 2. The minimum atomic E-state index is -0.465. The molecule has 0 bridgehead atoms. The van der Waals surface area contributed by atoms with E-state index in [9.17, 15) is 9.18 Å². The third-order valence-corrected chi connectivity index (χ3v) is 2.20. The second kappa shape index (κ2) is 4.79. The fourth-order valence-electron chi connectivity index (χ4n) is 1.46. The lowest BCUT2D eigenvalue weighted by Gasteiger charge is -2.05. The predicted molar refractivity (Wildman–Crippen MR) is 65.5 cm³/mol. The standard InChI is InChI=1S/C12H11FN4O/c1-7-2-8(13)4-9(3-7)17-12(18)10-5-16-11(14)6-15-10/h2-6H,1H3,(H2,14,16)(H,17,18). The van der Waals surface area contributed by atoms with E-state index >= 15 is 0 Å². The Kier molecular flexibility index (Phi) is 3.18. The van der Waals surface area contributed by atoms with E-state index in [1.807, 2.05) is 0 Å². The second-order valence-electron chi connectivity index (χ2n) is 3.80. The van der Waals surface area contributed by atoms with Crippen LogP contribution in [-0.4, -0.2) is 15.9 Å². The van der Waals surface area contributed by atoms with E-state index in [4.69, 9.17) is 5.73 Å². The number of aryl methyl sites for hydroxylation is 1. The molecule has 0 saturated heterocycles. The van der Waals surface area contributed by atoms with Gasteiger partial charge in [0.15, 0.2) is 0 Å². The van der Waals surface area contributed by atoms with E-state index in [0.29, 0.717) is 11.3 Å². The second-order valence-corrected chi connectivity index (χ2v) is 3.80. The molecule has 1 heterocycles. The Bertz CT molecular complexity index is 563. The lowest BCUT2D eigenvalue weighted by atomic mass is 10.2. The number of carbonyl (C=O) groups excluding carboxylic acids is 1. The molecule has 1 aromatic heterocycles. The van der Waals surface area contributed by atoms with Gasteiger partial charge in [0.2, 0.25) is 0 Å². The van der Waals surface area contributed by atoms with Crippen LogP contribution in [0.25, 0.3) is 0 Å². The molecule has 5 nitrogen and oxygen atoms in total. The molecule has 0 spiro atoms. The molecule has 18 heavy (non-hydrogen) atoms. The number of nitrogens with two attached hydrogens (primary N) is 1. The Balaban J connectivity index is 2.18. The maximum atomic E-state index is 13.1. The molecule has 1 aromatic carbocycles. The summed E-state index contributed by atoms with van der Waals surface area (Å²) in [5, 5.41) is 2.54. The third-order valence-electron chi connectivity index (χ3n) is 2.20. The Morgan fingerprint density at radius 3 is 2.67 bits per heavy atom. The third kappa shape index (κ3) is 2.79. The Morgan fingerprint density at radius 1 is 1.28 bits per heavy atom. The molecule has 0 saturated carbocycles. The number of nitrogen functional groups attached to an aromatic ring is 1. The topological polar surface area (TPSA) is 80.9 Å². The van der Waals surface area contributed by atoms with Crippen LogP contribution in [0, 0.1) is 12.7 Å². The fourth-order valence-corrected chi connectivity index (χ4v) is 1.46. The Hall–Kier alpha value is -2.50. The molecule has 2 aromatic rings. The summed E-state index contributed by atoms with van der Waals surface area (Å²) in [6.45, 7) is 1.74. The number of halogens is 1. The van der Waals surface area contributed by atoms with Gasteiger partial charge in [-0.25, -0.2) is 14.4 Å². The van der Waals surface area contributed by atoms with E-state index < -0.39 is 11.7 Å². The fraction of sp³-hybridized carbons (Fsp3) is 0.0833. The van der Waals surface area contributed by atoms with Crippen LogP contribution in [-0.2, 0) is 0 Å². The van der Waals surface area contributed by atoms with E-state index in [2.05, 4.69) is 15.3 Å². The molecule has 0 aliphatic heterocycles. The molecule has 0 aliphatic carbocycles. The van der Waals surface area contributed by atoms with Crippen molar-refractivity contribution in [2.24, 2.45) is 0 Å². The number of hydrogen-bond acceptors (Lipinski definition) is 4. The van der Waals surface area contributed by atoms with Crippen molar-refractivity contribution in [2.75, 3.05) is 11.1 Å². The van der Waals surface area contributed by atoms with Crippen LogP contribution in [0.1, 0.15) is 16.1 Å². The van der Waals surface area contributed by atoms with Gasteiger partial charge in [-0.2, -0.15) is 0 Å². The molecule has 0 unspecified atom stereocenters. The van der Waals surface area contributed by atoms with Crippen LogP contribution in [0.15, 0.2) is 30.6 Å². The summed E-state index contributed by atoms with van der Waals surface area (Å²) in [4.78, 5) is 19.4. The minimum Gasteiger partial charge on any atom is -0.382 e. The monoisotopic (exact) mass is 246 g/mol. The smallest absolute Gasteiger partial charge is 0.275 e. The van der Waals surface area contributed by atoms with Crippen molar-refractivity contribution >= 4 is 17.4 Å². The van der Waals surface area contributed by atoms with E-state index in [-0.39, 0.29) is 11.5 Å². The van der Waals surface area contributed by atoms with Gasteiger partial charge in [0.1, 0.15) is 17.3 Å². The van der Waals surface area contributed by atoms with Gasteiger partial charge in [-0.15, -0.1) is 0 Å². The Labute approximate surface area is 103 Å². The van der Waals surface area contributed by atoms with Gasteiger partial charge in [-0.1, -0.05) is 0 Å². The highest BCUT2D eigenvalue weighted by Crippen LogP contribution is 2.14. The zero-order valence-corrected chi connectivity index (χ0v) is 9.64. The molecule has 0 aliphatic rings. The van der Waals surface area contributed by atoms with Crippen molar-refractivity contribution in [2.45, 2.75) is 6.92 Å². The first-order valence-electron chi connectivity index (χ1n) is 5.20. The molecule has 2 rings (SSSR count). The molecular weight excluding hydrogens is 235 g/mol. The van der Waals surface area contributed by atoms with Gasteiger partial charge in [0, 0.05) is 5.69 Å². The first-order chi connectivity index (χ1) is 8.54. The lowest BCUT2D eigenvalue weighted by Crippen LogP contribution is -2.14. The quantitative estimate of drug-likeness (QED) is 0.846. The van der Waals surface area contributed by atoms with Gasteiger partial charge < -0.3 is 11.1 Å². The highest BCUT2D eigenvalue weighted by atomic mass is 19.1. The average Bonchev–Trinajstić information content (AvgIpc) is 2.28. The number of nitrogens with zero attached hydrogens (tertiary/aromatic N) is 2. The summed E-state index contributed by atoms with van der Waals surface area (Å²) in [5.41, 5.74) is 6.57. The summed E-state index contributed by atoms with van der Waals surface area (Å²) in [6, 6.07) is 4.26. The van der Waals surface area contributed by atoms with Crippen LogP contribution < -0.4 is 11.1 Å². The number of nitrogens with one attached hydrogen (secondary N) is 1. The van der Waals surface area contributed by atoms with Crippen molar-refractivity contribution < 1.29 is 9.18 Å². The average molecular weight is 246 g/mol. The number of benzene rings is 1. The summed E-state index contributed by atoms with van der Waals surface area (Å²) in [6.07, 6.45) is 2.54. The molecule has 0 radical (unpaired) electrons. The molecule has 92 valence electrons. The summed E-state index contributed by atoms with van der Waals surface area (Å²) in [7, 11) is 0. The van der Waals surface area contributed by atoms with Gasteiger partial charge in [0.05, 0.1) is 12.4 Å². The van der Waals surface area contributed by atoms with E-state index in [0.717, 1.165) is 0 Å². The van der Waals surface area contributed by atoms with Crippen LogP contribution >= 0.6 is 0 Å². The highest BCUT2D eigenvalue weighted by Gasteiger charge is 2.08. The number of amides is 1. The molecule has 6 heteroatoms. The maximum absolute atomic E-state index is 13.1. The number of carbonyl (C=O) groups is 1. The number of rotatable bonds is 2. The van der Waals surface area contributed by atoms with Crippen molar-refractivity contribution in [1.29, 1.82) is 0 Å². The number of aromatic nitrogens is 2. The zero-order valence-electron chi connectivity index (χ0n) is 9.64. The zero-order chi connectivity index (χ0) is 13.1. The van der Waals surface area contributed by atoms with Crippen LogP contribution in [0.2, 0.25) is 0 Å². The van der Waals surface area contributed by atoms with Crippen molar-refractivity contribution in [3.63, 3.8) is 0 Å². The molecule has 3 N–H and O–H groups in total. The first kappa shape index (κ1) is 12.0. The minimum absolute atomic E-state index is 0.117. The SMILES string of the molecule is Cc1cc(F)cc(NC(=O)c2cnc(N)cn2)c1. The first-order valence-corrected chi connectivity index (χ1v) is 5.20. The molecule has 0 atom stereocenters. The predicted octanol–water partition coefficient (Wildman–Crippen LogP) is 1.76. The highest BCUT2D eigenvalue weighted by molar-refractivity contribution is 6.02. The summed E-state index contributed by atoms with van der Waals surface area (Å²) >= 11 is 0. The van der Waals surface area contributed by atoms with Gasteiger partial charge >= 0.3 is 0 Å². The van der Waals surface area contributed by atoms with Crippen LogP contribution in [0.3, 0.4) is 0 Å². The van der Waals surface area contributed by atoms with Crippen molar-refractivity contribution in [3.05, 3.63) is 47.7 Å². The number of anilines is 2. The summed E-state index contributed by atoms with van der Waals surface area (Å²) in [5.74, 6) is -0.644. The van der Waals surface area contributed by atoms with Gasteiger partial charge in [-0.05, 0) is 30.7 Å².